The second kappa shape index (κ2) is 8.05. The van der Waals surface area contributed by atoms with E-state index >= 15 is 0 Å². The summed E-state index contributed by atoms with van der Waals surface area (Å²) in [5, 5.41) is 2.79. The molecule has 0 aliphatic carbocycles. The highest BCUT2D eigenvalue weighted by atomic mass is 32.2. The summed E-state index contributed by atoms with van der Waals surface area (Å²) in [6, 6.07) is 22.6. The molecule has 6 heteroatoms. The zero-order chi connectivity index (χ0) is 19.3. The molecule has 5 nitrogen and oxygen atoms in total. The second-order valence-electron chi connectivity index (χ2n) is 6.21. The third-order valence-corrected chi connectivity index (χ3v) is 5.33. The minimum absolute atomic E-state index is 0.167. The number of rotatable bonds is 6. The lowest BCUT2D eigenvalue weighted by molar-refractivity contribution is -0.115. The first kappa shape index (κ1) is 18.7. The molecule has 2 N–H and O–H groups in total. The van der Waals surface area contributed by atoms with Gasteiger partial charge in [0.1, 0.15) is 0 Å². The molecule has 0 aliphatic heterocycles. The molecular formula is C21H20N2O3S. The van der Waals surface area contributed by atoms with E-state index in [0.29, 0.717) is 11.4 Å². The number of sulfonamides is 1. The van der Waals surface area contributed by atoms with Crippen molar-refractivity contribution in [1.82, 2.24) is 0 Å². The van der Waals surface area contributed by atoms with Crippen LogP contribution in [0.1, 0.15) is 11.1 Å². The fraction of sp³-hybridized carbons (Fsp3) is 0.0952. The maximum atomic E-state index is 12.5. The molecule has 0 aliphatic rings. The predicted octanol–water partition coefficient (Wildman–Crippen LogP) is 3.98. The monoisotopic (exact) mass is 380 g/mol. The van der Waals surface area contributed by atoms with Crippen LogP contribution in [-0.4, -0.2) is 14.3 Å². The van der Waals surface area contributed by atoms with Gasteiger partial charge in [-0.3, -0.25) is 9.52 Å². The van der Waals surface area contributed by atoms with E-state index in [1.54, 1.807) is 48.5 Å². The van der Waals surface area contributed by atoms with Crippen molar-refractivity contribution in [2.24, 2.45) is 0 Å². The van der Waals surface area contributed by atoms with Crippen molar-refractivity contribution in [1.29, 1.82) is 0 Å². The number of hydrogen-bond donors (Lipinski definition) is 2. The van der Waals surface area contributed by atoms with Gasteiger partial charge < -0.3 is 5.32 Å². The van der Waals surface area contributed by atoms with Crippen LogP contribution < -0.4 is 10.0 Å². The Morgan fingerprint density at radius 1 is 0.852 bits per heavy atom. The van der Waals surface area contributed by atoms with Crippen LogP contribution in [-0.2, 0) is 21.2 Å². The molecule has 0 aromatic heterocycles. The van der Waals surface area contributed by atoms with Crippen LogP contribution in [0.25, 0.3) is 0 Å². The standard InChI is InChI=1S/C21H20N2O3S/c1-16-10-12-20(13-11-16)27(25,26)23-19-9-5-8-18(15-19)22-21(24)14-17-6-3-2-4-7-17/h2-13,15,23H,14H2,1H3,(H,22,24). The Labute approximate surface area is 159 Å². The van der Waals surface area contributed by atoms with Gasteiger partial charge in [-0.2, -0.15) is 0 Å². The Hall–Kier alpha value is -3.12. The largest absolute Gasteiger partial charge is 0.326 e. The lowest BCUT2D eigenvalue weighted by Crippen LogP contribution is -2.15. The quantitative estimate of drug-likeness (QED) is 0.679. The lowest BCUT2D eigenvalue weighted by Gasteiger charge is -2.11. The van der Waals surface area contributed by atoms with Crippen molar-refractivity contribution in [3.05, 3.63) is 90.0 Å². The second-order valence-corrected chi connectivity index (χ2v) is 7.89. The van der Waals surface area contributed by atoms with Crippen LogP contribution >= 0.6 is 0 Å². The number of carbonyl (C=O) groups is 1. The summed E-state index contributed by atoms with van der Waals surface area (Å²) < 4.78 is 27.5. The molecule has 0 radical (unpaired) electrons. The summed E-state index contributed by atoms with van der Waals surface area (Å²) in [6.07, 6.45) is 0.250. The van der Waals surface area contributed by atoms with Gasteiger partial charge in [-0.15, -0.1) is 0 Å². The van der Waals surface area contributed by atoms with Gasteiger partial charge in [-0.05, 0) is 42.8 Å². The molecule has 0 bridgehead atoms. The van der Waals surface area contributed by atoms with E-state index < -0.39 is 10.0 Å². The van der Waals surface area contributed by atoms with E-state index in [9.17, 15) is 13.2 Å². The molecule has 3 aromatic rings. The molecule has 0 fully saturated rings. The molecule has 3 rings (SSSR count). The van der Waals surface area contributed by atoms with Gasteiger partial charge in [-0.25, -0.2) is 8.42 Å². The zero-order valence-electron chi connectivity index (χ0n) is 14.8. The summed E-state index contributed by atoms with van der Waals surface area (Å²) in [5.41, 5.74) is 2.80. The number of aryl methyl sites for hydroxylation is 1. The minimum atomic E-state index is -3.69. The molecular weight excluding hydrogens is 360 g/mol. The van der Waals surface area contributed by atoms with E-state index in [2.05, 4.69) is 10.0 Å². The summed E-state index contributed by atoms with van der Waals surface area (Å²) in [7, 11) is -3.69. The van der Waals surface area contributed by atoms with E-state index in [0.717, 1.165) is 11.1 Å². The number of hydrogen-bond acceptors (Lipinski definition) is 3. The van der Waals surface area contributed by atoms with Crippen LogP contribution in [0.5, 0.6) is 0 Å². The molecule has 0 saturated carbocycles. The normalized spacial score (nSPS) is 11.0. The zero-order valence-corrected chi connectivity index (χ0v) is 15.7. The van der Waals surface area contributed by atoms with Gasteiger partial charge in [-0.1, -0.05) is 54.1 Å². The fourth-order valence-corrected chi connectivity index (χ4v) is 3.63. The highest BCUT2D eigenvalue weighted by Crippen LogP contribution is 2.20. The van der Waals surface area contributed by atoms with Crippen LogP contribution in [0.4, 0.5) is 11.4 Å². The van der Waals surface area contributed by atoms with Gasteiger partial charge in [0.25, 0.3) is 10.0 Å². The Balaban J connectivity index is 1.70. The van der Waals surface area contributed by atoms with Gasteiger partial charge in [0.15, 0.2) is 0 Å². The summed E-state index contributed by atoms with van der Waals surface area (Å²) in [6.45, 7) is 1.89. The van der Waals surface area contributed by atoms with Crippen molar-refractivity contribution in [2.75, 3.05) is 10.0 Å². The lowest BCUT2D eigenvalue weighted by atomic mass is 10.1. The number of amides is 1. The number of nitrogens with one attached hydrogen (secondary N) is 2. The molecule has 1 amide bonds. The highest BCUT2D eigenvalue weighted by Gasteiger charge is 2.14. The summed E-state index contributed by atoms with van der Waals surface area (Å²) >= 11 is 0. The Bertz CT molecular complexity index is 1030. The Morgan fingerprint density at radius 2 is 1.52 bits per heavy atom. The van der Waals surface area contributed by atoms with Crippen molar-refractivity contribution in [3.63, 3.8) is 0 Å². The van der Waals surface area contributed by atoms with E-state index in [-0.39, 0.29) is 17.2 Å². The first-order valence-electron chi connectivity index (χ1n) is 8.46. The first-order chi connectivity index (χ1) is 12.9. The fourth-order valence-electron chi connectivity index (χ4n) is 2.58. The van der Waals surface area contributed by atoms with Crippen LogP contribution in [0, 0.1) is 6.92 Å². The van der Waals surface area contributed by atoms with Crippen molar-refractivity contribution < 1.29 is 13.2 Å². The average molecular weight is 380 g/mol. The average Bonchev–Trinajstić information content (AvgIpc) is 2.62. The van der Waals surface area contributed by atoms with Crippen LogP contribution in [0.3, 0.4) is 0 Å². The summed E-state index contributed by atoms with van der Waals surface area (Å²) in [4.78, 5) is 12.4. The topological polar surface area (TPSA) is 75.3 Å². The molecule has 0 heterocycles. The van der Waals surface area contributed by atoms with Gasteiger partial charge in [0.2, 0.25) is 5.91 Å². The minimum Gasteiger partial charge on any atom is -0.326 e. The highest BCUT2D eigenvalue weighted by molar-refractivity contribution is 7.92. The third kappa shape index (κ3) is 5.18. The number of anilines is 2. The first-order valence-corrected chi connectivity index (χ1v) is 9.94. The Morgan fingerprint density at radius 3 is 2.22 bits per heavy atom. The SMILES string of the molecule is Cc1ccc(S(=O)(=O)Nc2cccc(NC(=O)Cc3ccccc3)c2)cc1. The number of carbonyl (C=O) groups excluding carboxylic acids is 1. The third-order valence-electron chi connectivity index (χ3n) is 3.94. The molecule has 0 atom stereocenters. The van der Waals surface area contributed by atoms with Crippen LogP contribution in [0.15, 0.2) is 83.8 Å². The predicted molar refractivity (Wildman–Crippen MR) is 107 cm³/mol. The van der Waals surface area contributed by atoms with Crippen molar-refractivity contribution >= 4 is 27.3 Å². The van der Waals surface area contributed by atoms with Gasteiger partial charge in [0.05, 0.1) is 17.0 Å². The maximum absolute atomic E-state index is 12.5. The van der Waals surface area contributed by atoms with Crippen LogP contribution in [0.2, 0.25) is 0 Å². The molecule has 3 aromatic carbocycles. The van der Waals surface area contributed by atoms with E-state index in [1.165, 1.54) is 0 Å². The van der Waals surface area contributed by atoms with Crippen molar-refractivity contribution in [3.8, 4) is 0 Å². The van der Waals surface area contributed by atoms with Crippen molar-refractivity contribution in [2.45, 2.75) is 18.2 Å². The van der Waals surface area contributed by atoms with Gasteiger partial charge in [0, 0.05) is 5.69 Å². The molecule has 0 saturated heterocycles. The smallest absolute Gasteiger partial charge is 0.261 e. The Kier molecular flexibility index (Phi) is 5.57. The molecule has 0 spiro atoms. The van der Waals surface area contributed by atoms with E-state index in [4.69, 9.17) is 0 Å². The van der Waals surface area contributed by atoms with E-state index in [1.807, 2.05) is 37.3 Å². The molecule has 27 heavy (non-hydrogen) atoms. The number of benzene rings is 3. The molecule has 0 unspecified atom stereocenters. The summed E-state index contributed by atoms with van der Waals surface area (Å²) in [5.74, 6) is -0.167. The molecule has 138 valence electrons. The maximum Gasteiger partial charge on any atom is 0.261 e. The van der Waals surface area contributed by atoms with Gasteiger partial charge >= 0.3 is 0 Å².